The van der Waals surface area contributed by atoms with E-state index in [2.05, 4.69) is 20.3 Å². The predicted molar refractivity (Wildman–Crippen MR) is 108 cm³/mol. The van der Waals surface area contributed by atoms with Crippen LogP contribution in [0.3, 0.4) is 0 Å². The van der Waals surface area contributed by atoms with E-state index < -0.39 is 0 Å². The molecule has 28 heavy (non-hydrogen) atoms. The Kier molecular flexibility index (Phi) is 4.99. The van der Waals surface area contributed by atoms with Crippen molar-refractivity contribution in [1.29, 1.82) is 0 Å². The Labute approximate surface area is 165 Å². The Morgan fingerprint density at radius 3 is 3.04 bits per heavy atom. The highest BCUT2D eigenvalue weighted by molar-refractivity contribution is 7.20. The molecular formula is C19H21N5O3S. The molecular weight excluding hydrogens is 378 g/mol. The fourth-order valence-electron chi connectivity index (χ4n) is 3.35. The van der Waals surface area contributed by atoms with E-state index in [4.69, 9.17) is 4.74 Å². The third kappa shape index (κ3) is 3.70. The van der Waals surface area contributed by atoms with Crippen LogP contribution >= 0.6 is 11.3 Å². The van der Waals surface area contributed by atoms with Gasteiger partial charge in [-0.2, -0.15) is 4.52 Å². The first kappa shape index (κ1) is 18.4. The minimum atomic E-state index is -0.186. The molecule has 0 aliphatic carbocycles. The number of nitrogens with zero attached hydrogens (tertiary/aromatic N) is 4. The monoisotopic (exact) mass is 399 g/mol. The molecule has 8 nitrogen and oxygen atoms in total. The average molecular weight is 399 g/mol. The summed E-state index contributed by atoms with van der Waals surface area (Å²) in [7, 11) is 1.60. The van der Waals surface area contributed by atoms with Crippen LogP contribution in [0.1, 0.15) is 18.5 Å². The molecule has 2 aromatic heterocycles. The van der Waals surface area contributed by atoms with Crippen LogP contribution in [-0.2, 0) is 4.79 Å². The SMILES string of the molecule is COc1cccc(NC(=O)[C@H]2CCCN(c3nn4c(=O)cc(C)nc4s3)C2)c1. The van der Waals surface area contributed by atoms with Gasteiger partial charge >= 0.3 is 0 Å². The second-order valence-corrected chi connectivity index (χ2v) is 7.76. The molecule has 3 heterocycles. The van der Waals surface area contributed by atoms with E-state index in [1.54, 1.807) is 20.1 Å². The average Bonchev–Trinajstić information content (AvgIpc) is 3.12. The summed E-state index contributed by atoms with van der Waals surface area (Å²) in [6, 6.07) is 8.79. The lowest BCUT2D eigenvalue weighted by Gasteiger charge is -2.31. The summed E-state index contributed by atoms with van der Waals surface area (Å²) in [6.07, 6.45) is 1.70. The number of hydrogen-bond acceptors (Lipinski definition) is 7. The topological polar surface area (TPSA) is 88.8 Å². The number of aryl methyl sites for hydroxylation is 1. The summed E-state index contributed by atoms with van der Waals surface area (Å²) < 4.78 is 6.53. The lowest BCUT2D eigenvalue weighted by atomic mass is 9.97. The molecule has 1 fully saturated rings. The summed E-state index contributed by atoms with van der Waals surface area (Å²) in [5.74, 6) is 0.523. The lowest BCUT2D eigenvalue weighted by Crippen LogP contribution is -2.40. The Hall–Kier alpha value is -2.94. The van der Waals surface area contributed by atoms with Crippen LogP contribution in [0.15, 0.2) is 35.1 Å². The minimum absolute atomic E-state index is 0.0230. The molecule has 0 spiro atoms. The molecule has 1 amide bonds. The van der Waals surface area contributed by atoms with Crippen LogP contribution in [0.25, 0.3) is 4.96 Å². The number of rotatable bonds is 4. The van der Waals surface area contributed by atoms with Gasteiger partial charge in [0.15, 0.2) is 0 Å². The van der Waals surface area contributed by atoms with Gasteiger partial charge in [-0.15, -0.1) is 5.10 Å². The molecule has 4 rings (SSSR count). The van der Waals surface area contributed by atoms with Crippen molar-refractivity contribution < 1.29 is 9.53 Å². The smallest absolute Gasteiger partial charge is 0.275 e. The Balaban J connectivity index is 1.50. The van der Waals surface area contributed by atoms with Crippen LogP contribution in [0.4, 0.5) is 10.8 Å². The van der Waals surface area contributed by atoms with Crippen LogP contribution in [0.2, 0.25) is 0 Å². The maximum absolute atomic E-state index is 12.8. The second kappa shape index (κ2) is 7.59. The van der Waals surface area contributed by atoms with E-state index in [-0.39, 0.29) is 17.4 Å². The molecule has 0 radical (unpaired) electrons. The molecule has 0 unspecified atom stereocenters. The Morgan fingerprint density at radius 2 is 2.21 bits per heavy atom. The number of piperidine rings is 1. The number of carbonyl (C=O) groups excluding carboxylic acids is 1. The van der Waals surface area contributed by atoms with Gasteiger partial charge in [-0.3, -0.25) is 9.59 Å². The number of ether oxygens (including phenoxy) is 1. The predicted octanol–water partition coefficient (Wildman–Crippen LogP) is 2.32. The van der Waals surface area contributed by atoms with Crippen molar-refractivity contribution in [3.8, 4) is 5.75 Å². The van der Waals surface area contributed by atoms with Crippen molar-refractivity contribution >= 4 is 33.0 Å². The van der Waals surface area contributed by atoms with Gasteiger partial charge in [0.1, 0.15) is 5.75 Å². The largest absolute Gasteiger partial charge is 0.497 e. The zero-order valence-electron chi connectivity index (χ0n) is 15.7. The van der Waals surface area contributed by atoms with Crippen molar-refractivity contribution in [2.45, 2.75) is 19.8 Å². The van der Waals surface area contributed by atoms with Crippen molar-refractivity contribution in [3.05, 3.63) is 46.4 Å². The molecule has 1 atom stereocenters. The Bertz CT molecular complexity index is 1080. The highest BCUT2D eigenvalue weighted by Crippen LogP contribution is 2.28. The molecule has 1 saturated heterocycles. The second-order valence-electron chi connectivity index (χ2n) is 6.82. The van der Waals surface area contributed by atoms with Gasteiger partial charge in [0.2, 0.25) is 16.0 Å². The molecule has 0 bridgehead atoms. The summed E-state index contributed by atoms with van der Waals surface area (Å²) in [4.78, 5) is 31.9. The first-order valence-corrected chi connectivity index (χ1v) is 9.92. The van der Waals surface area contributed by atoms with Gasteiger partial charge in [0, 0.05) is 36.6 Å². The van der Waals surface area contributed by atoms with Crippen LogP contribution in [-0.4, -0.2) is 40.7 Å². The number of benzene rings is 1. The van der Waals surface area contributed by atoms with E-state index in [0.29, 0.717) is 33.8 Å². The van der Waals surface area contributed by atoms with Crippen LogP contribution in [0.5, 0.6) is 5.75 Å². The molecule has 1 N–H and O–H groups in total. The normalized spacial score (nSPS) is 16.9. The zero-order valence-corrected chi connectivity index (χ0v) is 16.5. The molecule has 1 aliphatic rings. The fraction of sp³-hybridized carbons (Fsp3) is 0.368. The van der Waals surface area contributed by atoms with Gasteiger partial charge in [-0.05, 0) is 31.9 Å². The fourth-order valence-corrected chi connectivity index (χ4v) is 4.34. The standard InChI is InChI=1S/C19H21N5O3S/c1-12-9-16(25)24-18(20-12)28-19(22-24)23-8-4-5-13(11-23)17(26)21-14-6-3-7-15(10-14)27-2/h3,6-7,9-10,13H,4-5,8,11H2,1-2H3,(H,21,26)/t13-/m0/s1. The number of fused-ring (bicyclic) bond motifs is 1. The van der Waals surface area contributed by atoms with Gasteiger partial charge in [-0.1, -0.05) is 17.4 Å². The first-order valence-electron chi connectivity index (χ1n) is 9.11. The maximum Gasteiger partial charge on any atom is 0.275 e. The number of hydrogen-bond donors (Lipinski definition) is 1. The molecule has 0 saturated carbocycles. The highest BCUT2D eigenvalue weighted by atomic mass is 32.1. The third-order valence-electron chi connectivity index (χ3n) is 4.76. The van der Waals surface area contributed by atoms with Gasteiger partial charge in [0.25, 0.3) is 5.56 Å². The van der Waals surface area contributed by atoms with E-state index >= 15 is 0 Å². The molecule has 3 aromatic rings. The van der Waals surface area contributed by atoms with Crippen molar-refractivity contribution in [1.82, 2.24) is 14.6 Å². The van der Waals surface area contributed by atoms with E-state index in [0.717, 1.165) is 19.4 Å². The van der Waals surface area contributed by atoms with Crippen molar-refractivity contribution in [2.24, 2.45) is 5.92 Å². The molecule has 1 aliphatic heterocycles. The van der Waals surface area contributed by atoms with Gasteiger partial charge in [-0.25, -0.2) is 4.98 Å². The van der Waals surface area contributed by atoms with E-state index in [9.17, 15) is 9.59 Å². The molecule has 1 aromatic carbocycles. The number of aromatic nitrogens is 3. The van der Waals surface area contributed by atoms with Crippen LogP contribution in [0, 0.1) is 12.8 Å². The number of anilines is 2. The number of carbonyl (C=O) groups is 1. The van der Waals surface area contributed by atoms with Crippen molar-refractivity contribution in [2.75, 3.05) is 30.4 Å². The quantitative estimate of drug-likeness (QED) is 0.724. The van der Waals surface area contributed by atoms with Crippen molar-refractivity contribution in [3.63, 3.8) is 0 Å². The van der Waals surface area contributed by atoms with E-state index in [1.807, 2.05) is 18.2 Å². The summed E-state index contributed by atoms with van der Waals surface area (Å²) in [5, 5.41) is 8.10. The maximum atomic E-state index is 12.8. The highest BCUT2D eigenvalue weighted by Gasteiger charge is 2.28. The van der Waals surface area contributed by atoms with Gasteiger partial charge < -0.3 is 15.0 Å². The van der Waals surface area contributed by atoms with Crippen LogP contribution < -0.4 is 20.5 Å². The van der Waals surface area contributed by atoms with E-state index in [1.165, 1.54) is 21.9 Å². The lowest BCUT2D eigenvalue weighted by molar-refractivity contribution is -0.120. The number of methoxy groups -OCH3 is 1. The summed E-state index contributed by atoms with van der Waals surface area (Å²) in [6.45, 7) is 3.15. The summed E-state index contributed by atoms with van der Waals surface area (Å²) >= 11 is 1.37. The minimum Gasteiger partial charge on any atom is -0.497 e. The Morgan fingerprint density at radius 1 is 1.36 bits per heavy atom. The number of nitrogens with one attached hydrogen (secondary N) is 1. The zero-order chi connectivity index (χ0) is 19.7. The first-order chi connectivity index (χ1) is 13.5. The third-order valence-corrected chi connectivity index (χ3v) is 5.73. The molecule has 9 heteroatoms. The molecule has 146 valence electrons. The summed E-state index contributed by atoms with van der Waals surface area (Å²) in [5.41, 5.74) is 1.21. The van der Waals surface area contributed by atoms with Gasteiger partial charge in [0.05, 0.1) is 13.0 Å². The number of amides is 1.